The Kier molecular flexibility index (Phi) is 56.9. The molecule has 0 aliphatic carbocycles. The first-order chi connectivity index (χ1) is 19.5. The molecule has 0 aromatic heterocycles. The topological polar surface area (TPSA) is 74.6 Å². The Labute approximate surface area is 339 Å². The molecule has 4 nitrogen and oxygen atoms in total. The maximum atomic E-state index is 10.3. The number of aliphatic carboxylic acids is 2. The molecule has 0 heterocycles. The van der Waals surface area contributed by atoms with Gasteiger partial charge in [-0.3, -0.25) is 9.59 Å². The van der Waals surface area contributed by atoms with Crippen molar-refractivity contribution in [3.63, 3.8) is 0 Å². The number of hydrogen-bond donors (Lipinski definition) is 2. The van der Waals surface area contributed by atoms with E-state index in [2.05, 4.69) is 13.8 Å². The van der Waals surface area contributed by atoms with Crippen molar-refractivity contribution < 1.29 is 25.5 Å². The van der Waals surface area contributed by atoms with Crippen molar-refractivity contribution in [2.24, 2.45) is 0 Å². The van der Waals surface area contributed by atoms with E-state index in [9.17, 15) is 9.59 Å². The summed E-state index contributed by atoms with van der Waals surface area (Å²) in [5.41, 5.74) is 0. The summed E-state index contributed by atoms with van der Waals surface area (Å²) in [6.45, 7) is 4.54. The molecule has 6 heteroatoms. The molecule has 0 unspecified atom stereocenters. The molecular formula is C36H76BaCaO4. The van der Waals surface area contributed by atoms with Crippen molar-refractivity contribution in [3.8, 4) is 0 Å². The summed E-state index contributed by atoms with van der Waals surface area (Å²) in [5, 5.41) is 17.0. The largest absolute Gasteiger partial charge is 2.00 e. The molecule has 0 fully saturated rings. The van der Waals surface area contributed by atoms with Gasteiger partial charge in [-0.1, -0.05) is 194 Å². The Morgan fingerprint density at radius 3 is 0.643 bits per heavy atom. The van der Waals surface area contributed by atoms with Crippen LogP contribution in [0.4, 0.5) is 0 Å². The van der Waals surface area contributed by atoms with E-state index < -0.39 is 11.9 Å². The molecule has 0 aromatic carbocycles. The molecule has 2 N–H and O–H groups in total. The van der Waals surface area contributed by atoms with Crippen LogP contribution in [0.15, 0.2) is 0 Å². The van der Waals surface area contributed by atoms with Crippen LogP contribution in [0.2, 0.25) is 0 Å². The van der Waals surface area contributed by atoms with Crippen LogP contribution < -0.4 is 0 Å². The molecule has 0 aromatic rings. The molecule has 0 atom stereocenters. The van der Waals surface area contributed by atoms with Gasteiger partial charge in [-0.2, -0.15) is 0 Å². The molecule has 0 aliphatic rings. The molecule has 0 spiro atoms. The van der Waals surface area contributed by atoms with Gasteiger partial charge in [0.05, 0.1) is 0 Å². The van der Waals surface area contributed by atoms with Gasteiger partial charge < -0.3 is 15.9 Å². The van der Waals surface area contributed by atoms with E-state index in [1.807, 2.05) is 0 Å². The number of unbranched alkanes of at least 4 members (excludes halogenated alkanes) is 28. The third kappa shape index (κ3) is 54.3. The third-order valence-electron chi connectivity index (χ3n) is 7.99. The number of carbonyl (C=O) groups is 2. The van der Waals surface area contributed by atoms with E-state index in [1.54, 1.807) is 0 Å². The van der Waals surface area contributed by atoms with E-state index in [1.165, 1.54) is 167 Å². The van der Waals surface area contributed by atoms with Crippen molar-refractivity contribution in [1.29, 1.82) is 0 Å². The summed E-state index contributed by atoms with van der Waals surface area (Å²) in [4.78, 5) is 20.7. The minimum atomic E-state index is -0.653. The summed E-state index contributed by atoms with van der Waals surface area (Å²) in [6, 6.07) is 0. The first kappa shape index (κ1) is 50.6. The third-order valence-corrected chi connectivity index (χ3v) is 7.99. The Hall–Kier alpha value is 1.77. The van der Waals surface area contributed by atoms with Crippen LogP contribution in [0, 0.1) is 0 Å². The van der Waals surface area contributed by atoms with Crippen LogP contribution in [0.25, 0.3) is 0 Å². The van der Waals surface area contributed by atoms with Gasteiger partial charge in [0, 0.05) is 12.8 Å². The first-order valence-electron chi connectivity index (χ1n) is 18.0. The quantitative estimate of drug-likeness (QED) is 0.0530. The molecular weight excluding hydrogens is 674 g/mol. The van der Waals surface area contributed by atoms with Crippen LogP contribution in [0.5, 0.6) is 0 Å². The predicted molar refractivity (Wildman–Crippen MR) is 190 cm³/mol. The zero-order valence-corrected chi connectivity index (χ0v) is 35.4. The van der Waals surface area contributed by atoms with Crippen LogP contribution in [0.3, 0.4) is 0 Å². The second-order valence-corrected chi connectivity index (χ2v) is 12.2. The molecule has 0 amide bonds. The van der Waals surface area contributed by atoms with E-state index in [-0.39, 0.29) is 92.3 Å². The van der Waals surface area contributed by atoms with Gasteiger partial charge in [-0.05, 0) is 12.8 Å². The second kappa shape index (κ2) is 47.2. The summed E-state index contributed by atoms with van der Waals surface area (Å²) in [5.74, 6) is -1.31. The van der Waals surface area contributed by atoms with Gasteiger partial charge in [-0.25, -0.2) is 0 Å². The fraction of sp³-hybridized carbons (Fsp3) is 0.944. The maximum Gasteiger partial charge on any atom is 2.00 e. The smallest absolute Gasteiger partial charge is 1.00 e. The number of hydrogen-bond acceptors (Lipinski definition) is 2. The number of rotatable bonds is 32. The second-order valence-electron chi connectivity index (χ2n) is 12.2. The fourth-order valence-electron chi connectivity index (χ4n) is 5.30. The van der Waals surface area contributed by atoms with Crippen LogP contribution >= 0.6 is 0 Å². The van der Waals surface area contributed by atoms with E-state index in [4.69, 9.17) is 10.2 Å². The maximum absolute atomic E-state index is 10.3. The van der Waals surface area contributed by atoms with Gasteiger partial charge in [0.25, 0.3) is 0 Å². The molecule has 0 saturated carbocycles. The Bertz CT molecular complexity index is 480. The normalized spacial score (nSPS) is 10.3. The first-order valence-corrected chi connectivity index (χ1v) is 18.0. The standard InChI is InChI=1S/2C18H36O2.Ba.Ca.4H/c2*1-2-3-4-5-6-7-8-9-10-11-12-13-14-15-16-17-18(19)20;;;;;;/h2*2-17H2,1H3,(H,19,20);;;;;;/q;;2*+2;4*-1. The van der Waals surface area contributed by atoms with Crippen molar-refractivity contribution in [3.05, 3.63) is 0 Å². The van der Waals surface area contributed by atoms with Crippen molar-refractivity contribution in [2.45, 2.75) is 219 Å². The predicted octanol–water partition coefficient (Wildman–Crippen LogP) is 12.4. The minimum absolute atomic E-state index is 0. The Balaban J connectivity index is -0.0000000926. The molecule has 0 bridgehead atoms. The van der Waals surface area contributed by atoms with E-state index in [0.29, 0.717) is 12.8 Å². The van der Waals surface area contributed by atoms with Crippen LogP contribution in [0.1, 0.15) is 225 Å². The molecule has 0 rings (SSSR count). The Morgan fingerprint density at radius 2 is 0.500 bits per heavy atom. The SMILES string of the molecule is CCCCCCCCCCCCCCCCCC(=O)O.CCCCCCCCCCCCCCCCCC(=O)O.[Ba+2].[Ca+2].[H-].[H-].[H-].[H-]. The number of carboxylic acid groups (broad SMARTS) is 2. The van der Waals surface area contributed by atoms with Crippen LogP contribution in [-0.4, -0.2) is 109 Å². The Morgan fingerprint density at radius 1 is 0.357 bits per heavy atom. The van der Waals surface area contributed by atoms with Crippen LogP contribution in [-0.2, 0) is 9.59 Å². The molecule has 0 saturated heterocycles. The van der Waals surface area contributed by atoms with Crippen molar-refractivity contribution >= 4 is 98.6 Å². The molecule has 0 radical (unpaired) electrons. The van der Waals surface area contributed by atoms with Gasteiger partial charge in [0.2, 0.25) is 0 Å². The summed E-state index contributed by atoms with van der Waals surface area (Å²) in [6.07, 6.45) is 40.4. The molecule has 248 valence electrons. The summed E-state index contributed by atoms with van der Waals surface area (Å²) < 4.78 is 0. The van der Waals surface area contributed by atoms with Crippen molar-refractivity contribution in [2.75, 3.05) is 0 Å². The summed E-state index contributed by atoms with van der Waals surface area (Å²) in [7, 11) is 0. The van der Waals surface area contributed by atoms with Gasteiger partial charge >= 0.3 is 98.6 Å². The zero-order chi connectivity index (χ0) is 29.8. The van der Waals surface area contributed by atoms with E-state index in [0.717, 1.165) is 25.7 Å². The van der Waals surface area contributed by atoms with E-state index >= 15 is 0 Å². The van der Waals surface area contributed by atoms with Crippen molar-refractivity contribution in [1.82, 2.24) is 0 Å². The average molecular weight is 750 g/mol. The average Bonchev–Trinajstić information content (AvgIpc) is 2.93. The summed E-state index contributed by atoms with van der Waals surface area (Å²) >= 11 is 0. The van der Waals surface area contributed by atoms with Gasteiger partial charge in [0.15, 0.2) is 0 Å². The monoisotopic (exact) mass is 750 g/mol. The molecule has 0 aliphatic heterocycles. The zero-order valence-electron chi connectivity index (χ0n) is 32.8. The fourth-order valence-corrected chi connectivity index (χ4v) is 5.30. The van der Waals surface area contributed by atoms with Gasteiger partial charge in [-0.15, -0.1) is 0 Å². The minimum Gasteiger partial charge on any atom is -1.00 e. The van der Waals surface area contributed by atoms with Gasteiger partial charge in [0.1, 0.15) is 0 Å². The number of carboxylic acids is 2. The molecule has 42 heavy (non-hydrogen) atoms.